The maximum atomic E-state index is 14.8. The Balaban J connectivity index is 1.56. The Morgan fingerprint density at radius 1 is 1.27 bits per heavy atom. The molecule has 1 aliphatic carbocycles. The van der Waals surface area contributed by atoms with Gasteiger partial charge in [-0.15, -0.1) is 0 Å². The molecule has 8 heteroatoms. The Labute approximate surface area is 171 Å². The average Bonchev–Trinajstić information content (AvgIpc) is 3.54. The molecule has 0 saturated heterocycles. The van der Waals surface area contributed by atoms with E-state index in [9.17, 15) is 8.78 Å². The highest BCUT2D eigenvalue weighted by Crippen LogP contribution is 2.53. The molecule has 3 atom stereocenters. The third-order valence-corrected chi connectivity index (χ3v) is 5.80. The van der Waals surface area contributed by atoms with E-state index in [1.165, 1.54) is 12.3 Å². The van der Waals surface area contributed by atoms with Gasteiger partial charge in [0.2, 0.25) is 0 Å². The zero-order valence-electron chi connectivity index (χ0n) is 15.8. The van der Waals surface area contributed by atoms with Crippen LogP contribution in [0.15, 0.2) is 47.7 Å². The van der Waals surface area contributed by atoms with E-state index < -0.39 is 18.0 Å². The minimum atomic E-state index is -1.36. The summed E-state index contributed by atoms with van der Waals surface area (Å²) in [5.41, 5.74) is 7.12. The number of benzene rings is 1. The van der Waals surface area contributed by atoms with Crippen LogP contribution >= 0.6 is 0 Å². The van der Waals surface area contributed by atoms with Crippen molar-refractivity contribution in [2.45, 2.75) is 24.5 Å². The summed E-state index contributed by atoms with van der Waals surface area (Å²) in [6.45, 7) is -0.858. The SMILES string of the molecule is N#Cc1cnc2c(Cc3ccc(F)c([C@@]4(CF)N=C(N)O[C@@H]5C[C@@H]54)c3)nccc2c1. The largest absolute Gasteiger partial charge is 0.462 e. The molecule has 1 fully saturated rings. The van der Waals surface area contributed by atoms with Crippen LogP contribution in [-0.4, -0.2) is 28.8 Å². The number of rotatable bonds is 4. The lowest BCUT2D eigenvalue weighted by atomic mass is 9.84. The molecule has 0 amide bonds. The fourth-order valence-electron chi connectivity index (χ4n) is 4.24. The van der Waals surface area contributed by atoms with Gasteiger partial charge in [-0.05, 0) is 36.2 Å². The number of aliphatic imine (C=N–C) groups is 1. The van der Waals surface area contributed by atoms with E-state index in [0.717, 1.165) is 10.9 Å². The highest BCUT2D eigenvalue weighted by atomic mass is 19.1. The molecule has 0 bridgehead atoms. The van der Waals surface area contributed by atoms with Crippen molar-refractivity contribution in [3.8, 4) is 6.07 Å². The molecule has 3 aromatic rings. The molecular weight excluding hydrogens is 388 g/mol. The van der Waals surface area contributed by atoms with Crippen LogP contribution in [0.25, 0.3) is 10.9 Å². The second-order valence-electron chi connectivity index (χ2n) is 7.66. The van der Waals surface area contributed by atoms with E-state index in [0.29, 0.717) is 29.6 Å². The van der Waals surface area contributed by atoms with E-state index in [1.807, 2.05) is 0 Å². The van der Waals surface area contributed by atoms with Gasteiger partial charge in [0, 0.05) is 35.7 Å². The number of aromatic nitrogens is 2. The van der Waals surface area contributed by atoms with Crippen molar-refractivity contribution in [3.05, 3.63) is 70.9 Å². The smallest absolute Gasteiger partial charge is 0.283 e. The van der Waals surface area contributed by atoms with Gasteiger partial charge in [-0.3, -0.25) is 9.97 Å². The van der Waals surface area contributed by atoms with Crippen molar-refractivity contribution in [1.82, 2.24) is 9.97 Å². The molecule has 2 aliphatic rings. The highest BCUT2D eigenvalue weighted by molar-refractivity contribution is 5.81. The lowest BCUT2D eigenvalue weighted by Crippen LogP contribution is -2.39. The lowest BCUT2D eigenvalue weighted by Gasteiger charge is -2.31. The maximum Gasteiger partial charge on any atom is 0.283 e. The van der Waals surface area contributed by atoms with Crippen LogP contribution in [0.4, 0.5) is 8.78 Å². The minimum Gasteiger partial charge on any atom is -0.462 e. The summed E-state index contributed by atoms with van der Waals surface area (Å²) in [5.74, 6) is -0.760. The number of nitriles is 1. The molecule has 1 aliphatic heterocycles. The second kappa shape index (κ2) is 6.73. The molecule has 30 heavy (non-hydrogen) atoms. The van der Waals surface area contributed by atoms with Gasteiger partial charge in [0.1, 0.15) is 30.2 Å². The monoisotopic (exact) mass is 405 g/mol. The van der Waals surface area contributed by atoms with Gasteiger partial charge in [0.05, 0.1) is 16.8 Å². The van der Waals surface area contributed by atoms with Crippen LogP contribution in [0.3, 0.4) is 0 Å². The minimum absolute atomic E-state index is 0.107. The van der Waals surface area contributed by atoms with Gasteiger partial charge in [-0.2, -0.15) is 5.26 Å². The van der Waals surface area contributed by atoms with Crippen molar-refractivity contribution in [1.29, 1.82) is 5.26 Å². The summed E-state index contributed by atoms with van der Waals surface area (Å²) in [5, 5.41) is 9.87. The Hall–Kier alpha value is -3.60. The number of amidine groups is 1. The average molecular weight is 405 g/mol. The van der Waals surface area contributed by atoms with Gasteiger partial charge < -0.3 is 10.5 Å². The number of pyridine rings is 2. The normalized spacial score (nSPS) is 24.5. The Bertz CT molecular complexity index is 1240. The molecule has 0 unspecified atom stereocenters. The maximum absolute atomic E-state index is 14.8. The van der Waals surface area contributed by atoms with E-state index >= 15 is 0 Å². The molecule has 2 N–H and O–H groups in total. The molecule has 6 nitrogen and oxygen atoms in total. The van der Waals surface area contributed by atoms with Crippen LogP contribution in [0.5, 0.6) is 0 Å². The first kappa shape index (κ1) is 18.4. The number of nitrogens with two attached hydrogens (primary N) is 1. The predicted molar refractivity (Wildman–Crippen MR) is 106 cm³/mol. The van der Waals surface area contributed by atoms with Crippen LogP contribution in [-0.2, 0) is 16.7 Å². The van der Waals surface area contributed by atoms with Gasteiger partial charge >= 0.3 is 0 Å². The standard InChI is InChI=1S/C22H17F2N5O/c23-11-22(16-8-19(16)30-21(26)29-22)15-6-12(1-2-17(15)24)7-18-20-14(3-4-27-18)5-13(9-25)10-28-20/h1-6,10,16,19H,7-8,11H2,(H2,26,29)/t16-,19+,22+/m0/s1. The summed E-state index contributed by atoms with van der Waals surface area (Å²) < 4.78 is 34.4. The predicted octanol–water partition coefficient (Wildman–Crippen LogP) is 3.13. The van der Waals surface area contributed by atoms with Crippen molar-refractivity contribution >= 4 is 16.9 Å². The zero-order chi connectivity index (χ0) is 20.9. The number of nitrogens with zero attached hydrogens (tertiary/aromatic N) is 4. The van der Waals surface area contributed by atoms with Gasteiger partial charge in [-0.25, -0.2) is 13.8 Å². The fourth-order valence-corrected chi connectivity index (χ4v) is 4.24. The van der Waals surface area contributed by atoms with Crippen LogP contribution in [0.1, 0.15) is 28.8 Å². The molecule has 0 radical (unpaired) electrons. The van der Waals surface area contributed by atoms with E-state index in [4.69, 9.17) is 15.7 Å². The molecule has 0 spiro atoms. The quantitative estimate of drug-likeness (QED) is 0.719. The molecular formula is C22H17F2N5O. The molecule has 1 saturated carbocycles. The summed E-state index contributed by atoms with van der Waals surface area (Å²) in [6, 6.07) is 10.1. The van der Waals surface area contributed by atoms with Crippen molar-refractivity contribution in [2.75, 3.05) is 6.67 Å². The van der Waals surface area contributed by atoms with Crippen molar-refractivity contribution in [3.63, 3.8) is 0 Å². The third kappa shape index (κ3) is 2.86. The first-order valence-electron chi connectivity index (χ1n) is 9.54. The van der Waals surface area contributed by atoms with E-state index in [2.05, 4.69) is 21.0 Å². The van der Waals surface area contributed by atoms with Crippen molar-refractivity contribution < 1.29 is 13.5 Å². The van der Waals surface area contributed by atoms with Gasteiger partial charge in [0.25, 0.3) is 6.02 Å². The van der Waals surface area contributed by atoms with E-state index in [-0.39, 0.29) is 23.6 Å². The summed E-state index contributed by atoms with van der Waals surface area (Å²) in [6.07, 6.45) is 3.88. The topological polar surface area (TPSA) is 97.2 Å². The number of alkyl halides is 1. The van der Waals surface area contributed by atoms with Crippen LogP contribution in [0.2, 0.25) is 0 Å². The van der Waals surface area contributed by atoms with E-state index in [1.54, 1.807) is 30.5 Å². The molecule has 1 aromatic carbocycles. The lowest BCUT2D eigenvalue weighted by molar-refractivity contribution is 0.168. The Morgan fingerprint density at radius 2 is 2.13 bits per heavy atom. The number of halogens is 2. The first-order chi connectivity index (χ1) is 14.5. The number of ether oxygens (including phenoxy) is 1. The number of hydrogen-bond acceptors (Lipinski definition) is 6. The zero-order valence-corrected chi connectivity index (χ0v) is 15.8. The van der Waals surface area contributed by atoms with Crippen molar-refractivity contribution in [2.24, 2.45) is 16.6 Å². The second-order valence-corrected chi connectivity index (χ2v) is 7.66. The number of fused-ring (bicyclic) bond motifs is 2. The number of hydrogen-bond donors (Lipinski definition) is 1. The third-order valence-electron chi connectivity index (χ3n) is 5.80. The fraction of sp³-hybridized carbons (Fsp3) is 0.273. The van der Waals surface area contributed by atoms with Crippen LogP contribution < -0.4 is 5.73 Å². The molecule has 150 valence electrons. The van der Waals surface area contributed by atoms with Gasteiger partial charge in [-0.1, -0.05) is 6.07 Å². The summed E-state index contributed by atoms with van der Waals surface area (Å²) in [7, 11) is 0. The van der Waals surface area contributed by atoms with Gasteiger partial charge in [0.15, 0.2) is 0 Å². The molecule has 5 rings (SSSR count). The first-order valence-corrected chi connectivity index (χ1v) is 9.54. The Kier molecular flexibility index (Phi) is 4.13. The molecule has 3 heterocycles. The summed E-state index contributed by atoms with van der Waals surface area (Å²) >= 11 is 0. The summed E-state index contributed by atoms with van der Waals surface area (Å²) in [4.78, 5) is 13.0. The highest BCUT2D eigenvalue weighted by Gasteiger charge is 2.60. The molecule has 2 aromatic heterocycles. The van der Waals surface area contributed by atoms with Crippen LogP contribution in [0, 0.1) is 23.1 Å². The Morgan fingerprint density at radius 3 is 2.93 bits per heavy atom.